The van der Waals surface area contributed by atoms with Gasteiger partial charge in [-0.3, -0.25) is 0 Å². The van der Waals surface area contributed by atoms with Crippen LogP contribution in [0.1, 0.15) is 11.1 Å². The zero-order valence-electron chi connectivity index (χ0n) is 11.2. The smallest absolute Gasteiger partial charge is 0.344 e. The summed E-state index contributed by atoms with van der Waals surface area (Å²) in [6, 6.07) is 9.57. The van der Waals surface area contributed by atoms with Crippen LogP contribution in [0.3, 0.4) is 0 Å². The van der Waals surface area contributed by atoms with Gasteiger partial charge in [-0.25, -0.2) is 4.79 Å². The molecule has 0 spiro atoms. The largest absolute Gasteiger partial charge is 0.507 e. The molecular weight excluding hydrogens is 252 g/mol. The fraction of sp³-hybridized carbons (Fsp3) is 0.118. The quantitative estimate of drug-likeness (QED) is 0.387. The van der Waals surface area contributed by atoms with Crippen molar-refractivity contribution in [2.75, 3.05) is 0 Å². The zero-order valence-corrected chi connectivity index (χ0v) is 11.2. The molecule has 0 radical (unpaired) electrons. The van der Waals surface area contributed by atoms with E-state index in [4.69, 9.17) is 4.42 Å². The van der Waals surface area contributed by atoms with Crippen LogP contribution in [0.2, 0.25) is 0 Å². The third-order valence-electron chi connectivity index (χ3n) is 4.14. The third kappa shape index (κ3) is 1.17. The summed E-state index contributed by atoms with van der Waals surface area (Å²) in [5, 5.41) is 14.6. The molecular formula is C17H12O3. The number of aromatic hydroxyl groups is 1. The lowest BCUT2D eigenvalue weighted by molar-refractivity contribution is 0.465. The maximum atomic E-state index is 12.2. The van der Waals surface area contributed by atoms with E-state index in [-0.39, 0.29) is 11.4 Å². The molecule has 0 fully saturated rings. The minimum Gasteiger partial charge on any atom is -0.507 e. The molecule has 0 unspecified atom stereocenters. The fourth-order valence-electron chi connectivity index (χ4n) is 3.08. The first-order chi connectivity index (χ1) is 9.59. The van der Waals surface area contributed by atoms with Crippen molar-refractivity contribution in [3.05, 3.63) is 51.9 Å². The van der Waals surface area contributed by atoms with E-state index in [2.05, 4.69) is 0 Å². The lowest BCUT2D eigenvalue weighted by Gasteiger charge is -2.14. The van der Waals surface area contributed by atoms with Crippen LogP contribution in [-0.2, 0) is 0 Å². The van der Waals surface area contributed by atoms with E-state index in [0.717, 1.165) is 27.1 Å². The fourth-order valence-corrected chi connectivity index (χ4v) is 3.08. The van der Waals surface area contributed by atoms with Crippen LogP contribution in [0, 0.1) is 13.8 Å². The van der Waals surface area contributed by atoms with Crippen molar-refractivity contribution in [2.24, 2.45) is 0 Å². The Morgan fingerprint density at radius 1 is 0.950 bits per heavy atom. The van der Waals surface area contributed by atoms with Crippen molar-refractivity contribution in [1.29, 1.82) is 0 Å². The molecule has 0 aliphatic heterocycles. The Morgan fingerprint density at radius 2 is 1.75 bits per heavy atom. The Kier molecular flexibility index (Phi) is 1.98. The Bertz CT molecular complexity index is 1040. The van der Waals surface area contributed by atoms with Crippen LogP contribution in [0.4, 0.5) is 0 Å². The molecule has 0 aliphatic carbocycles. The number of hydrogen-bond acceptors (Lipinski definition) is 3. The molecule has 0 saturated heterocycles. The maximum Gasteiger partial charge on any atom is 0.344 e. The molecule has 98 valence electrons. The minimum atomic E-state index is -0.359. The molecule has 20 heavy (non-hydrogen) atoms. The first kappa shape index (κ1) is 11.3. The predicted octanol–water partition coefficient (Wildman–Crippen LogP) is 3.86. The van der Waals surface area contributed by atoms with Crippen LogP contribution in [0.25, 0.3) is 32.5 Å². The van der Waals surface area contributed by atoms with Crippen LogP contribution < -0.4 is 5.63 Å². The van der Waals surface area contributed by atoms with Gasteiger partial charge >= 0.3 is 5.63 Å². The molecule has 1 N–H and O–H groups in total. The van der Waals surface area contributed by atoms with E-state index in [1.54, 1.807) is 13.0 Å². The van der Waals surface area contributed by atoms with E-state index in [1.165, 1.54) is 0 Å². The monoisotopic (exact) mass is 264 g/mol. The normalized spacial score (nSPS) is 11.9. The average Bonchev–Trinajstić information content (AvgIpc) is 2.47. The molecule has 1 heterocycles. The minimum absolute atomic E-state index is 0.194. The third-order valence-corrected chi connectivity index (χ3v) is 4.14. The molecule has 0 atom stereocenters. The molecule has 0 aliphatic rings. The summed E-state index contributed by atoms with van der Waals surface area (Å²) in [4.78, 5) is 12.2. The number of benzene rings is 3. The first-order valence-corrected chi connectivity index (χ1v) is 6.49. The standard InChI is InChI=1S/C17H12O3/c1-8-11-7-6-10-4-3-5-12-13(10)14(11)16(20-17(12)19)9(2)15(8)18/h3-7,18H,1-2H3. The predicted molar refractivity (Wildman–Crippen MR) is 79.8 cm³/mol. The van der Waals surface area contributed by atoms with E-state index in [1.807, 2.05) is 31.2 Å². The van der Waals surface area contributed by atoms with Gasteiger partial charge in [-0.2, -0.15) is 0 Å². The van der Waals surface area contributed by atoms with Crippen LogP contribution in [0.15, 0.2) is 39.5 Å². The lowest BCUT2D eigenvalue weighted by Crippen LogP contribution is -2.02. The zero-order chi connectivity index (χ0) is 14.0. The Hall–Kier alpha value is -2.55. The van der Waals surface area contributed by atoms with Gasteiger partial charge in [0.05, 0.1) is 5.39 Å². The second-order valence-electron chi connectivity index (χ2n) is 5.21. The van der Waals surface area contributed by atoms with E-state index >= 15 is 0 Å². The summed E-state index contributed by atoms with van der Waals surface area (Å²) in [5.41, 5.74) is 1.56. The highest BCUT2D eigenvalue weighted by Crippen LogP contribution is 2.40. The number of phenolic OH excluding ortho intramolecular Hbond substituents is 1. The molecule has 3 nitrogen and oxygen atoms in total. The Morgan fingerprint density at radius 3 is 2.55 bits per heavy atom. The van der Waals surface area contributed by atoms with Crippen LogP contribution in [-0.4, -0.2) is 5.11 Å². The summed E-state index contributed by atoms with van der Waals surface area (Å²) in [6.07, 6.45) is 0. The van der Waals surface area contributed by atoms with Crippen molar-refractivity contribution in [3.8, 4) is 5.75 Å². The summed E-state index contributed by atoms with van der Waals surface area (Å²) in [7, 11) is 0. The number of rotatable bonds is 0. The highest BCUT2D eigenvalue weighted by molar-refractivity contribution is 6.22. The van der Waals surface area contributed by atoms with Gasteiger partial charge in [0.25, 0.3) is 0 Å². The highest BCUT2D eigenvalue weighted by atomic mass is 16.4. The van der Waals surface area contributed by atoms with Crippen LogP contribution >= 0.6 is 0 Å². The summed E-state index contributed by atoms with van der Waals surface area (Å²) >= 11 is 0. The van der Waals surface area contributed by atoms with Gasteiger partial charge in [0.1, 0.15) is 11.3 Å². The maximum absolute atomic E-state index is 12.2. The van der Waals surface area contributed by atoms with Crippen LogP contribution in [0.5, 0.6) is 5.75 Å². The highest BCUT2D eigenvalue weighted by Gasteiger charge is 2.18. The molecule has 4 rings (SSSR count). The number of aryl methyl sites for hydroxylation is 2. The first-order valence-electron chi connectivity index (χ1n) is 6.49. The Balaban J connectivity index is 2.53. The second-order valence-corrected chi connectivity index (χ2v) is 5.21. The van der Waals surface area contributed by atoms with Crippen molar-refractivity contribution in [1.82, 2.24) is 0 Å². The molecule has 0 bridgehead atoms. The molecule has 0 amide bonds. The van der Waals surface area contributed by atoms with E-state index in [9.17, 15) is 9.90 Å². The summed E-state index contributed by atoms with van der Waals surface area (Å²) in [5.74, 6) is 0.194. The van der Waals surface area contributed by atoms with Gasteiger partial charge < -0.3 is 9.52 Å². The van der Waals surface area contributed by atoms with Crippen molar-refractivity contribution >= 4 is 32.5 Å². The van der Waals surface area contributed by atoms with Gasteiger partial charge in [0.2, 0.25) is 0 Å². The van der Waals surface area contributed by atoms with Gasteiger partial charge in [-0.05, 0) is 36.2 Å². The summed E-state index contributed by atoms with van der Waals surface area (Å²) < 4.78 is 5.46. The van der Waals surface area contributed by atoms with Gasteiger partial charge in [0.15, 0.2) is 0 Å². The molecule has 4 aromatic rings. The molecule has 3 aromatic carbocycles. The van der Waals surface area contributed by atoms with E-state index < -0.39 is 0 Å². The van der Waals surface area contributed by atoms with Gasteiger partial charge in [0, 0.05) is 16.3 Å². The molecule has 1 aromatic heterocycles. The summed E-state index contributed by atoms with van der Waals surface area (Å²) in [6.45, 7) is 3.66. The van der Waals surface area contributed by atoms with E-state index in [0.29, 0.717) is 16.5 Å². The number of phenols is 1. The lowest BCUT2D eigenvalue weighted by atomic mass is 9.93. The van der Waals surface area contributed by atoms with Crippen molar-refractivity contribution in [3.63, 3.8) is 0 Å². The molecule has 3 heteroatoms. The number of hydrogen-bond donors (Lipinski definition) is 1. The topological polar surface area (TPSA) is 50.4 Å². The SMILES string of the molecule is Cc1c(O)c(C)c2oc(=O)c3cccc4ccc1c2c43. The second kappa shape index (κ2) is 3.51. The average molecular weight is 264 g/mol. The van der Waals surface area contributed by atoms with Gasteiger partial charge in [-0.15, -0.1) is 0 Å². The van der Waals surface area contributed by atoms with Crippen molar-refractivity contribution < 1.29 is 9.52 Å². The molecule has 0 saturated carbocycles. The van der Waals surface area contributed by atoms with Crippen molar-refractivity contribution in [2.45, 2.75) is 13.8 Å². The van der Waals surface area contributed by atoms with Gasteiger partial charge in [-0.1, -0.05) is 24.3 Å². The Labute approximate surface area is 114 Å².